The number of nitro benzene ring substituents is 1. The molecule has 6 nitrogen and oxygen atoms in total. The highest BCUT2D eigenvalue weighted by atomic mass is 79.9. The van der Waals surface area contributed by atoms with Gasteiger partial charge in [0, 0.05) is 29.2 Å². The van der Waals surface area contributed by atoms with Gasteiger partial charge in [-0.3, -0.25) is 10.1 Å². The molecule has 21 heavy (non-hydrogen) atoms. The van der Waals surface area contributed by atoms with Crippen LogP contribution >= 0.6 is 15.9 Å². The Kier molecular flexibility index (Phi) is 4.85. The highest BCUT2D eigenvalue weighted by molar-refractivity contribution is 9.08. The number of nitro groups is 1. The third kappa shape index (κ3) is 3.77. The fourth-order valence-corrected chi connectivity index (χ4v) is 2.15. The molecule has 0 fully saturated rings. The zero-order valence-electron chi connectivity index (χ0n) is 10.8. The van der Waals surface area contributed by atoms with E-state index in [2.05, 4.69) is 20.9 Å². The number of nitriles is 1. The SMILES string of the molecule is N#Cc1cc(COc2ccc([N+](=O)[O-])cc2CBr)ccn1. The fraction of sp³-hybridized carbons (Fsp3) is 0.143. The fourth-order valence-electron chi connectivity index (χ4n) is 1.71. The third-order valence-corrected chi connectivity index (χ3v) is 3.34. The van der Waals surface area contributed by atoms with E-state index in [1.165, 1.54) is 12.1 Å². The number of rotatable bonds is 5. The second kappa shape index (κ2) is 6.81. The number of pyridine rings is 1. The number of alkyl halides is 1. The maximum Gasteiger partial charge on any atom is 0.270 e. The van der Waals surface area contributed by atoms with Crippen LogP contribution in [0.4, 0.5) is 5.69 Å². The first-order valence-electron chi connectivity index (χ1n) is 5.95. The monoisotopic (exact) mass is 347 g/mol. The standard InChI is InChI=1S/C14H10BrN3O3/c15-7-11-6-13(18(19)20)1-2-14(11)21-9-10-3-4-17-12(5-10)8-16/h1-6H,7,9H2. The maximum absolute atomic E-state index is 10.7. The number of halogens is 1. The van der Waals surface area contributed by atoms with Crippen molar-refractivity contribution in [2.24, 2.45) is 0 Å². The molecule has 0 atom stereocenters. The number of benzene rings is 1. The molecule has 2 rings (SSSR count). The molecule has 0 amide bonds. The highest BCUT2D eigenvalue weighted by Gasteiger charge is 2.11. The lowest BCUT2D eigenvalue weighted by molar-refractivity contribution is -0.384. The number of aromatic nitrogens is 1. The summed E-state index contributed by atoms with van der Waals surface area (Å²) in [5.41, 5.74) is 1.84. The highest BCUT2D eigenvalue weighted by Crippen LogP contribution is 2.26. The smallest absolute Gasteiger partial charge is 0.270 e. The minimum atomic E-state index is -0.446. The first-order valence-corrected chi connectivity index (χ1v) is 7.07. The van der Waals surface area contributed by atoms with Gasteiger partial charge in [0.25, 0.3) is 5.69 Å². The zero-order valence-corrected chi connectivity index (χ0v) is 12.4. The molecular weight excluding hydrogens is 338 g/mol. The Morgan fingerprint density at radius 3 is 2.86 bits per heavy atom. The molecular formula is C14H10BrN3O3. The molecule has 0 bridgehead atoms. The van der Waals surface area contributed by atoms with E-state index in [9.17, 15) is 10.1 Å². The number of ether oxygens (including phenoxy) is 1. The predicted octanol–water partition coefficient (Wildman–Crippen LogP) is 3.34. The maximum atomic E-state index is 10.7. The van der Waals surface area contributed by atoms with Crippen LogP contribution in [0.1, 0.15) is 16.8 Å². The summed E-state index contributed by atoms with van der Waals surface area (Å²) in [6, 6.07) is 9.78. The van der Waals surface area contributed by atoms with Crippen LogP contribution in [0, 0.1) is 21.4 Å². The lowest BCUT2D eigenvalue weighted by Crippen LogP contribution is -2.00. The second-order valence-corrected chi connectivity index (χ2v) is 4.69. The van der Waals surface area contributed by atoms with Crippen LogP contribution in [0.15, 0.2) is 36.5 Å². The Morgan fingerprint density at radius 2 is 2.19 bits per heavy atom. The van der Waals surface area contributed by atoms with Gasteiger partial charge < -0.3 is 4.74 Å². The molecule has 1 aromatic carbocycles. The van der Waals surface area contributed by atoms with Gasteiger partial charge in [0.05, 0.1) is 4.92 Å². The van der Waals surface area contributed by atoms with Crippen molar-refractivity contribution in [2.75, 3.05) is 0 Å². The Morgan fingerprint density at radius 1 is 1.38 bits per heavy atom. The van der Waals surface area contributed by atoms with E-state index in [0.29, 0.717) is 22.3 Å². The lowest BCUT2D eigenvalue weighted by Gasteiger charge is -2.10. The van der Waals surface area contributed by atoms with E-state index in [0.717, 1.165) is 5.56 Å². The molecule has 2 aromatic rings. The summed E-state index contributed by atoms with van der Waals surface area (Å²) in [4.78, 5) is 14.2. The summed E-state index contributed by atoms with van der Waals surface area (Å²) >= 11 is 3.29. The molecule has 0 aliphatic carbocycles. The summed E-state index contributed by atoms with van der Waals surface area (Å²) in [7, 11) is 0. The van der Waals surface area contributed by atoms with Gasteiger partial charge in [0.2, 0.25) is 0 Å². The van der Waals surface area contributed by atoms with Crippen molar-refractivity contribution in [1.29, 1.82) is 5.26 Å². The van der Waals surface area contributed by atoms with E-state index in [-0.39, 0.29) is 12.3 Å². The first-order chi connectivity index (χ1) is 10.1. The molecule has 0 aliphatic heterocycles. The van der Waals surface area contributed by atoms with E-state index in [1.807, 2.05) is 6.07 Å². The van der Waals surface area contributed by atoms with E-state index in [1.54, 1.807) is 24.4 Å². The van der Waals surface area contributed by atoms with Crippen LogP contribution < -0.4 is 4.74 Å². The van der Waals surface area contributed by atoms with Crippen LogP contribution in [-0.4, -0.2) is 9.91 Å². The molecule has 1 heterocycles. The van der Waals surface area contributed by atoms with Crippen molar-refractivity contribution in [2.45, 2.75) is 11.9 Å². The average Bonchev–Trinajstić information content (AvgIpc) is 2.52. The van der Waals surface area contributed by atoms with Crippen LogP contribution in [0.3, 0.4) is 0 Å². The van der Waals surface area contributed by atoms with E-state index >= 15 is 0 Å². The van der Waals surface area contributed by atoms with Gasteiger partial charge in [0.1, 0.15) is 24.1 Å². The molecule has 0 N–H and O–H groups in total. The van der Waals surface area contributed by atoms with Gasteiger partial charge in [0.15, 0.2) is 0 Å². The Hall–Kier alpha value is -2.46. The Labute approximate surface area is 129 Å². The van der Waals surface area contributed by atoms with Crippen molar-refractivity contribution >= 4 is 21.6 Å². The van der Waals surface area contributed by atoms with Gasteiger partial charge >= 0.3 is 0 Å². The molecule has 1 aromatic heterocycles. The van der Waals surface area contributed by atoms with Gasteiger partial charge in [-0.05, 0) is 23.8 Å². The molecule has 0 saturated carbocycles. The van der Waals surface area contributed by atoms with E-state index in [4.69, 9.17) is 10.00 Å². The van der Waals surface area contributed by atoms with Crippen LogP contribution in [0.2, 0.25) is 0 Å². The quantitative estimate of drug-likeness (QED) is 0.470. The van der Waals surface area contributed by atoms with Crippen molar-refractivity contribution in [3.63, 3.8) is 0 Å². The second-order valence-electron chi connectivity index (χ2n) is 4.13. The van der Waals surface area contributed by atoms with Crippen molar-refractivity contribution in [1.82, 2.24) is 4.98 Å². The minimum Gasteiger partial charge on any atom is -0.489 e. The average molecular weight is 348 g/mol. The molecule has 0 unspecified atom stereocenters. The predicted molar refractivity (Wildman–Crippen MR) is 79.0 cm³/mol. The van der Waals surface area contributed by atoms with Crippen LogP contribution in [0.5, 0.6) is 5.75 Å². The summed E-state index contributed by atoms with van der Waals surface area (Å²) in [5.74, 6) is 0.563. The topological polar surface area (TPSA) is 89.0 Å². The number of non-ortho nitro benzene ring substituents is 1. The van der Waals surface area contributed by atoms with Gasteiger partial charge in [-0.1, -0.05) is 15.9 Å². The normalized spacial score (nSPS) is 9.90. The van der Waals surface area contributed by atoms with Crippen LogP contribution in [0.25, 0.3) is 0 Å². The molecule has 0 radical (unpaired) electrons. The Balaban J connectivity index is 2.16. The molecule has 0 saturated heterocycles. The van der Waals surface area contributed by atoms with Gasteiger partial charge in [-0.2, -0.15) is 5.26 Å². The molecule has 106 valence electrons. The summed E-state index contributed by atoms with van der Waals surface area (Å²) < 4.78 is 5.66. The number of hydrogen-bond donors (Lipinski definition) is 0. The van der Waals surface area contributed by atoms with Gasteiger partial charge in [-0.15, -0.1) is 0 Å². The largest absolute Gasteiger partial charge is 0.489 e. The summed E-state index contributed by atoms with van der Waals surface area (Å²) in [6.07, 6.45) is 1.54. The first kappa shape index (κ1) is 14.9. The van der Waals surface area contributed by atoms with Crippen molar-refractivity contribution < 1.29 is 9.66 Å². The number of hydrogen-bond acceptors (Lipinski definition) is 5. The minimum absolute atomic E-state index is 0.0208. The van der Waals surface area contributed by atoms with E-state index < -0.39 is 4.92 Å². The van der Waals surface area contributed by atoms with Gasteiger partial charge in [-0.25, -0.2) is 4.98 Å². The van der Waals surface area contributed by atoms with Crippen molar-refractivity contribution in [3.05, 3.63) is 63.5 Å². The zero-order chi connectivity index (χ0) is 15.2. The molecule has 0 spiro atoms. The molecule has 7 heteroatoms. The third-order valence-electron chi connectivity index (χ3n) is 2.73. The summed E-state index contributed by atoms with van der Waals surface area (Å²) in [5, 5.41) is 20.0. The molecule has 0 aliphatic rings. The lowest BCUT2D eigenvalue weighted by atomic mass is 10.2. The summed E-state index contributed by atoms with van der Waals surface area (Å²) in [6.45, 7) is 0.259. The Bertz CT molecular complexity index is 713. The van der Waals surface area contributed by atoms with Crippen molar-refractivity contribution in [3.8, 4) is 11.8 Å². The number of nitrogens with zero attached hydrogens (tertiary/aromatic N) is 3. The van der Waals surface area contributed by atoms with Crippen LogP contribution in [-0.2, 0) is 11.9 Å².